The fraction of sp³-hybridized carbons (Fsp3) is 0.400. The summed E-state index contributed by atoms with van der Waals surface area (Å²) in [7, 11) is 0. The molecule has 0 spiro atoms. The SMILES string of the molecule is CCOc1ccc(NC(=O)[C@H]2CC(=O)Nc3nc(N4CCOCC4)nc(N)c32)cc1. The van der Waals surface area contributed by atoms with Gasteiger partial charge in [0.25, 0.3) is 0 Å². The molecule has 158 valence electrons. The molecule has 0 saturated carbocycles. The van der Waals surface area contributed by atoms with Crippen molar-refractivity contribution in [2.75, 3.05) is 54.2 Å². The maximum absolute atomic E-state index is 13.0. The van der Waals surface area contributed by atoms with Gasteiger partial charge in [-0.3, -0.25) is 9.59 Å². The highest BCUT2D eigenvalue weighted by atomic mass is 16.5. The van der Waals surface area contributed by atoms with Crippen molar-refractivity contribution in [3.63, 3.8) is 0 Å². The van der Waals surface area contributed by atoms with E-state index in [2.05, 4.69) is 20.6 Å². The molecule has 2 amide bonds. The number of nitrogens with two attached hydrogens (primary N) is 1. The van der Waals surface area contributed by atoms with Crippen molar-refractivity contribution >= 4 is 35.1 Å². The minimum Gasteiger partial charge on any atom is -0.494 e. The van der Waals surface area contributed by atoms with Crippen LogP contribution in [0.2, 0.25) is 0 Å². The standard InChI is InChI=1S/C20H24N6O4/c1-2-30-13-5-3-12(4-6-13)22-19(28)14-11-15(27)23-18-16(14)17(21)24-20(25-18)26-7-9-29-10-8-26/h3-6,14H,2,7-11H2,1H3,(H,22,28)(H3,21,23,24,25,27)/t14-/m0/s1. The minimum absolute atomic E-state index is 0.0275. The summed E-state index contributed by atoms with van der Waals surface area (Å²) >= 11 is 0. The van der Waals surface area contributed by atoms with E-state index in [-0.39, 0.29) is 29.9 Å². The number of rotatable bonds is 5. The molecule has 4 N–H and O–H groups in total. The zero-order chi connectivity index (χ0) is 21.1. The van der Waals surface area contributed by atoms with Gasteiger partial charge < -0.3 is 30.7 Å². The van der Waals surface area contributed by atoms with E-state index in [0.29, 0.717) is 55.9 Å². The van der Waals surface area contributed by atoms with E-state index in [1.54, 1.807) is 24.3 Å². The highest BCUT2D eigenvalue weighted by Crippen LogP contribution is 2.36. The van der Waals surface area contributed by atoms with Crippen LogP contribution in [0.25, 0.3) is 0 Å². The Labute approximate surface area is 173 Å². The van der Waals surface area contributed by atoms with E-state index < -0.39 is 5.92 Å². The van der Waals surface area contributed by atoms with Gasteiger partial charge in [0, 0.05) is 25.2 Å². The molecule has 1 atom stereocenters. The molecule has 0 bridgehead atoms. The largest absolute Gasteiger partial charge is 0.494 e. The van der Waals surface area contributed by atoms with Gasteiger partial charge in [0.2, 0.25) is 17.8 Å². The molecule has 4 rings (SSSR count). The Balaban J connectivity index is 1.57. The summed E-state index contributed by atoms with van der Waals surface area (Å²) in [6.45, 7) is 4.87. The predicted molar refractivity (Wildman–Crippen MR) is 112 cm³/mol. The number of carbonyl (C=O) groups excluding carboxylic acids is 2. The van der Waals surface area contributed by atoms with E-state index in [1.807, 2.05) is 11.8 Å². The van der Waals surface area contributed by atoms with Gasteiger partial charge in [-0.15, -0.1) is 0 Å². The van der Waals surface area contributed by atoms with Crippen molar-refractivity contribution in [3.8, 4) is 5.75 Å². The molecule has 30 heavy (non-hydrogen) atoms. The number of amides is 2. The molecule has 10 heteroatoms. The quantitative estimate of drug-likeness (QED) is 0.671. The third-order valence-electron chi connectivity index (χ3n) is 5.00. The zero-order valence-corrected chi connectivity index (χ0v) is 16.7. The Bertz CT molecular complexity index is 943. The van der Waals surface area contributed by atoms with Crippen molar-refractivity contribution < 1.29 is 19.1 Å². The van der Waals surface area contributed by atoms with Crippen LogP contribution in [0.15, 0.2) is 24.3 Å². The van der Waals surface area contributed by atoms with E-state index in [4.69, 9.17) is 15.2 Å². The molecule has 3 heterocycles. The monoisotopic (exact) mass is 412 g/mol. The summed E-state index contributed by atoms with van der Waals surface area (Å²) in [6.07, 6.45) is -0.0275. The summed E-state index contributed by atoms with van der Waals surface area (Å²) in [4.78, 5) is 36.0. The highest BCUT2D eigenvalue weighted by molar-refractivity contribution is 6.05. The van der Waals surface area contributed by atoms with Crippen LogP contribution in [0.4, 0.5) is 23.3 Å². The fourth-order valence-electron chi connectivity index (χ4n) is 3.54. The Kier molecular flexibility index (Phi) is 5.66. The van der Waals surface area contributed by atoms with Crippen LogP contribution in [-0.4, -0.2) is 54.7 Å². The average Bonchev–Trinajstić information content (AvgIpc) is 2.75. The second kappa shape index (κ2) is 8.54. The second-order valence-electron chi connectivity index (χ2n) is 7.02. The maximum Gasteiger partial charge on any atom is 0.232 e. The molecule has 0 radical (unpaired) electrons. The van der Waals surface area contributed by atoms with Crippen LogP contribution in [0, 0.1) is 0 Å². The normalized spacial score (nSPS) is 18.4. The first-order chi connectivity index (χ1) is 14.5. The summed E-state index contributed by atoms with van der Waals surface area (Å²) in [5, 5.41) is 5.56. The number of hydrogen-bond acceptors (Lipinski definition) is 8. The number of nitrogen functional groups attached to an aromatic ring is 1. The van der Waals surface area contributed by atoms with Crippen molar-refractivity contribution in [3.05, 3.63) is 29.8 Å². The van der Waals surface area contributed by atoms with Crippen molar-refractivity contribution in [1.82, 2.24) is 9.97 Å². The Morgan fingerprint density at radius 1 is 1.30 bits per heavy atom. The highest BCUT2D eigenvalue weighted by Gasteiger charge is 2.35. The number of fused-ring (bicyclic) bond motifs is 1. The van der Waals surface area contributed by atoms with Crippen molar-refractivity contribution in [2.45, 2.75) is 19.3 Å². The number of aromatic nitrogens is 2. The molecular formula is C20H24N6O4. The third kappa shape index (κ3) is 4.13. The number of anilines is 4. The van der Waals surface area contributed by atoms with Crippen molar-refractivity contribution in [2.24, 2.45) is 0 Å². The van der Waals surface area contributed by atoms with Gasteiger partial charge in [0.1, 0.15) is 17.4 Å². The number of benzene rings is 1. The van der Waals surface area contributed by atoms with E-state index in [0.717, 1.165) is 0 Å². The molecule has 1 saturated heterocycles. The van der Waals surface area contributed by atoms with Crippen LogP contribution < -0.4 is 26.0 Å². The summed E-state index contributed by atoms with van der Waals surface area (Å²) < 4.78 is 10.8. The van der Waals surface area contributed by atoms with Crippen LogP contribution in [-0.2, 0) is 14.3 Å². The van der Waals surface area contributed by atoms with E-state index in [9.17, 15) is 9.59 Å². The zero-order valence-electron chi connectivity index (χ0n) is 16.7. The topological polar surface area (TPSA) is 132 Å². The minimum atomic E-state index is -0.779. The van der Waals surface area contributed by atoms with Crippen molar-refractivity contribution in [1.29, 1.82) is 0 Å². The van der Waals surface area contributed by atoms with E-state index >= 15 is 0 Å². The van der Waals surface area contributed by atoms with Gasteiger partial charge in [0.05, 0.1) is 31.3 Å². The molecule has 1 aromatic carbocycles. The molecule has 0 unspecified atom stereocenters. The summed E-state index contributed by atoms with van der Waals surface area (Å²) in [5.74, 6) is 0.193. The van der Waals surface area contributed by atoms with Crippen LogP contribution in [0.1, 0.15) is 24.8 Å². The van der Waals surface area contributed by atoms with Crippen LogP contribution in [0.3, 0.4) is 0 Å². The number of nitrogens with zero attached hydrogens (tertiary/aromatic N) is 3. The van der Waals surface area contributed by atoms with Gasteiger partial charge in [-0.25, -0.2) is 0 Å². The first kappa shape index (κ1) is 19.9. The second-order valence-corrected chi connectivity index (χ2v) is 7.02. The molecular weight excluding hydrogens is 388 g/mol. The van der Waals surface area contributed by atoms with E-state index in [1.165, 1.54) is 0 Å². The molecule has 10 nitrogen and oxygen atoms in total. The Hall–Kier alpha value is -3.40. The summed E-state index contributed by atoms with van der Waals surface area (Å²) in [5.41, 5.74) is 7.25. The lowest BCUT2D eigenvalue weighted by atomic mass is 9.92. The predicted octanol–water partition coefficient (Wildman–Crippen LogP) is 1.36. The molecule has 2 aromatic rings. The molecule has 2 aliphatic rings. The molecule has 2 aliphatic heterocycles. The van der Waals surface area contributed by atoms with Gasteiger partial charge in [-0.2, -0.15) is 9.97 Å². The number of morpholine rings is 1. The lowest BCUT2D eigenvalue weighted by molar-refractivity contribution is -0.123. The Morgan fingerprint density at radius 3 is 2.73 bits per heavy atom. The third-order valence-corrected chi connectivity index (χ3v) is 5.00. The molecule has 1 aromatic heterocycles. The lowest BCUT2D eigenvalue weighted by Gasteiger charge is -2.30. The number of nitrogens with one attached hydrogen (secondary N) is 2. The Morgan fingerprint density at radius 2 is 2.03 bits per heavy atom. The number of hydrogen-bond donors (Lipinski definition) is 3. The smallest absolute Gasteiger partial charge is 0.232 e. The summed E-state index contributed by atoms with van der Waals surface area (Å²) in [6, 6.07) is 7.03. The molecule has 1 fully saturated rings. The fourth-order valence-corrected chi connectivity index (χ4v) is 3.54. The number of carbonyl (C=O) groups is 2. The number of ether oxygens (including phenoxy) is 2. The van der Waals surface area contributed by atoms with Crippen LogP contribution in [0.5, 0.6) is 5.75 Å². The maximum atomic E-state index is 13.0. The van der Waals surface area contributed by atoms with Gasteiger partial charge in [-0.1, -0.05) is 0 Å². The van der Waals surface area contributed by atoms with Gasteiger partial charge in [-0.05, 0) is 31.2 Å². The molecule has 0 aliphatic carbocycles. The first-order valence-corrected chi connectivity index (χ1v) is 9.89. The van der Waals surface area contributed by atoms with Gasteiger partial charge in [0.15, 0.2) is 0 Å². The first-order valence-electron chi connectivity index (χ1n) is 9.89. The average molecular weight is 412 g/mol. The van der Waals surface area contributed by atoms with Crippen LogP contribution >= 0.6 is 0 Å². The lowest BCUT2D eigenvalue weighted by Crippen LogP contribution is -2.38. The van der Waals surface area contributed by atoms with Gasteiger partial charge >= 0.3 is 0 Å².